The summed E-state index contributed by atoms with van der Waals surface area (Å²) in [4.78, 5) is 28.7. The SMILES string of the molecule is CCOC[C@@]12CCN(C(C)=O)C[C@@H]1CN(C(=O)Cc1cccc(OC)c1)C2. The van der Waals surface area contributed by atoms with Gasteiger partial charge < -0.3 is 19.3 Å². The minimum Gasteiger partial charge on any atom is -0.497 e. The van der Waals surface area contributed by atoms with Crippen LogP contribution in [0, 0.1) is 11.3 Å². The summed E-state index contributed by atoms with van der Waals surface area (Å²) in [5.74, 6) is 1.28. The Balaban J connectivity index is 1.71. The molecule has 0 saturated carbocycles. The lowest BCUT2D eigenvalue weighted by atomic mass is 9.73. The number of methoxy groups -OCH3 is 1. The molecule has 1 aromatic carbocycles. The highest BCUT2D eigenvalue weighted by atomic mass is 16.5. The highest BCUT2D eigenvalue weighted by Crippen LogP contribution is 2.43. The molecule has 27 heavy (non-hydrogen) atoms. The summed E-state index contributed by atoms with van der Waals surface area (Å²) < 4.78 is 11.0. The van der Waals surface area contributed by atoms with Crippen molar-refractivity contribution in [2.75, 3.05) is 46.5 Å². The molecule has 2 fully saturated rings. The van der Waals surface area contributed by atoms with Gasteiger partial charge in [-0.15, -0.1) is 0 Å². The van der Waals surface area contributed by atoms with E-state index in [1.54, 1.807) is 14.0 Å². The van der Waals surface area contributed by atoms with Crippen LogP contribution in [0.4, 0.5) is 0 Å². The Morgan fingerprint density at radius 2 is 2.04 bits per heavy atom. The molecule has 3 rings (SSSR count). The zero-order valence-electron chi connectivity index (χ0n) is 16.6. The number of carbonyl (C=O) groups is 2. The monoisotopic (exact) mass is 374 g/mol. The third-order valence-electron chi connectivity index (χ3n) is 6.01. The summed E-state index contributed by atoms with van der Waals surface area (Å²) in [6.07, 6.45) is 1.26. The molecular formula is C21H30N2O4. The number of fused-ring (bicyclic) bond motifs is 1. The van der Waals surface area contributed by atoms with Gasteiger partial charge in [0.1, 0.15) is 5.75 Å². The Morgan fingerprint density at radius 3 is 2.74 bits per heavy atom. The van der Waals surface area contributed by atoms with E-state index in [9.17, 15) is 9.59 Å². The van der Waals surface area contributed by atoms with E-state index in [4.69, 9.17) is 9.47 Å². The van der Waals surface area contributed by atoms with Gasteiger partial charge >= 0.3 is 0 Å². The first-order chi connectivity index (χ1) is 13.0. The van der Waals surface area contributed by atoms with Gasteiger partial charge in [0.2, 0.25) is 11.8 Å². The van der Waals surface area contributed by atoms with Crippen LogP contribution in [0.1, 0.15) is 25.8 Å². The van der Waals surface area contributed by atoms with Gasteiger partial charge in [0, 0.05) is 51.0 Å². The molecule has 0 radical (unpaired) electrons. The number of carbonyl (C=O) groups excluding carboxylic acids is 2. The molecule has 0 aromatic heterocycles. The fraction of sp³-hybridized carbons (Fsp3) is 0.619. The van der Waals surface area contributed by atoms with Gasteiger partial charge in [0.15, 0.2) is 0 Å². The Hall–Kier alpha value is -2.08. The third kappa shape index (κ3) is 4.26. The van der Waals surface area contributed by atoms with Crippen LogP contribution in [0.2, 0.25) is 0 Å². The molecule has 6 heteroatoms. The Labute approximate surface area is 161 Å². The van der Waals surface area contributed by atoms with E-state index >= 15 is 0 Å². The molecule has 0 spiro atoms. The smallest absolute Gasteiger partial charge is 0.227 e. The topological polar surface area (TPSA) is 59.1 Å². The number of piperidine rings is 1. The van der Waals surface area contributed by atoms with Crippen LogP contribution in [-0.4, -0.2) is 68.1 Å². The zero-order valence-corrected chi connectivity index (χ0v) is 16.6. The molecule has 0 unspecified atom stereocenters. The maximum Gasteiger partial charge on any atom is 0.227 e. The molecule has 2 heterocycles. The number of ether oxygens (including phenoxy) is 2. The van der Waals surface area contributed by atoms with E-state index in [1.807, 2.05) is 41.0 Å². The second-order valence-electron chi connectivity index (χ2n) is 7.71. The minimum atomic E-state index is -0.0357. The average molecular weight is 374 g/mol. The summed E-state index contributed by atoms with van der Waals surface area (Å²) in [6.45, 7) is 7.81. The van der Waals surface area contributed by atoms with Crippen LogP contribution in [0.3, 0.4) is 0 Å². The number of hydrogen-bond acceptors (Lipinski definition) is 4. The normalized spacial score (nSPS) is 24.6. The van der Waals surface area contributed by atoms with Crippen molar-refractivity contribution in [1.82, 2.24) is 9.80 Å². The van der Waals surface area contributed by atoms with E-state index < -0.39 is 0 Å². The van der Waals surface area contributed by atoms with Crippen LogP contribution in [0.5, 0.6) is 5.75 Å². The maximum atomic E-state index is 13.0. The van der Waals surface area contributed by atoms with Gasteiger partial charge in [-0.3, -0.25) is 9.59 Å². The number of benzene rings is 1. The van der Waals surface area contributed by atoms with Crippen LogP contribution in [0.15, 0.2) is 24.3 Å². The van der Waals surface area contributed by atoms with Crippen molar-refractivity contribution in [3.8, 4) is 5.75 Å². The molecule has 2 aliphatic rings. The van der Waals surface area contributed by atoms with Crippen molar-refractivity contribution in [1.29, 1.82) is 0 Å². The van der Waals surface area contributed by atoms with Crippen molar-refractivity contribution in [3.05, 3.63) is 29.8 Å². The average Bonchev–Trinajstić information content (AvgIpc) is 3.05. The van der Waals surface area contributed by atoms with E-state index in [0.717, 1.165) is 24.3 Å². The van der Waals surface area contributed by atoms with Crippen LogP contribution >= 0.6 is 0 Å². The molecule has 1 aromatic rings. The Morgan fingerprint density at radius 1 is 1.26 bits per heavy atom. The summed E-state index contributed by atoms with van der Waals surface area (Å²) in [5, 5.41) is 0. The number of hydrogen-bond donors (Lipinski definition) is 0. The Bertz CT molecular complexity index is 693. The maximum absolute atomic E-state index is 13.0. The molecule has 2 amide bonds. The van der Waals surface area contributed by atoms with Crippen molar-refractivity contribution in [2.45, 2.75) is 26.7 Å². The Kier molecular flexibility index (Phi) is 6.05. The lowest BCUT2D eigenvalue weighted by molar-refractivity contribution is -0.133. The summed E-state index contributed by atoms with van der Waals surface area (Å²) in [7, 11) is 1.63. The summed E-state index contributed by atoms with van der Waals surface area (Å²) in [6, 6.07) is 7.66. The fourth-order valence-electron chi connectivity index (χ4n) is 4.37. The number of nitrogens with zero attached hydrogens (tertiary/aromatic N) is 2. The van der Waals surface area contributed by atoms with Gasteiger partial charge in [0.05, 0.1) is 20.1 Å². The molecule has 6 nitrogen and oxygen atoms in total. The van der Waals surface area contributed by atoms with Crippen LogP contribution < -0.4 is 4.74 Å². The molecule has 2 saturated heterocycles. The molecule has 2 aliphatic heterocycles. The number of rotatable bonds is 6. The quantitative estimate of drug-likeness (QED) is 0.764. The predicted octanol–water partition coefficient (Wildman–Crippen LogP) is 1.97. The van der Waals surface area contributed by atoms with Gasteiger partial charge in [-0.25, -0.2) is 0 Å². The molecular weight excluding hydrogens is 344 g/mol. The number of amides is 2. The standard InChI is InChI=1S/C21H30N2O4/c1-4-27-15-21-8-9-22(16(2)24)12-18(21)13-23(14-21)20(25)11-17-6-5-7-19(10-17)26-3/h5-7,10,18H,4,8-9,11-15H2,1-3H3/t18-,21+/m1/s1. The first kappa shape index (κ1) is 19.7. The zero-order chi connectivity index (χ0) is 19.4. The van der Waals surface area contributed by atoms with Gasteiger partial charge in [-0.2, -0.15) is 0 Å². The van der Waals surface area contributed by atoms with Crippen LogP contribution in [0.25, 0.3) is 0 Å². The van der Waals surface area contributed by atoms with E-state index in [0.29, 0.717) is 39.3 Å². The highest BCUT2D eigenvalue weighted by molar-refractivity contribution is 5.79. The third-order valence-corrected chi connectivity index (χ3v) is 6.01. The minimum absolute atomic E-state index is 0.0357. The molecule has 0 aliphatic carbocycles. The first-order valence-corrected chi connectivity index (χ1v) is 9.71. The number of likely N-dealkylation sites (tertiary alicyclic amines) is 2. The van der Waals surface area contributed by atoms with Crippen molar-refractivity contribution < 1.29 is 19.1 Å². The van der Waals surface area contributed by atoms with E-state index in [-0.39, 0.29) is 23.1 Å². The van der Waals surface area contributed by atoms with E-state index in [2.05, 4.69) is 0 Å². The van der Waals surface area contributed by atoms with Gasteiger partial charge in [-0.1, -0.05) is 12.1 Å². The van der Waals surface area contributed by atoms with Crippen molar-refractivity contribution in [3.63, 3.8) is 0 Å². The molecule has 0 N–H and O–H groups in total. The van der Waals surface area contributed by atoms with Crippen molar-refractivity contribution in [2.24, 2.45) is 11.3 Å². The highest BCUT2D eigenvalue weighted by Gasteiger charge is 2.51. The lowest BCUT2D eigenvalue weighted by Gasteiger charge is -2.42. The second-order valence-corrected chi connectivity index (χ2v) is 7.71. The summed E-state index contributed by atoms with van der Waals surface area (Å²) >= 11 is 0. The fourth-order valence-corrected chi connectivity index (χ4v) is 4.37. The second kappa shape index (κ2) is 8.30. The molecule has 2 atom stereocenters. The summed E-state index contributed by atoms with van der Waals surface area (Å²) in [5.41, 5.74) is 0.921. The lowest BCUT2D eigenvalue weighted by Crippen LogP contribution is -2.50. The first-order valence-electron chi connectivity index (χ1n) is 9.71. The molecule has 0 bridgehead atoms. The molecule has 148 valence electrons. The van der Waals surface area contributed by atoms with Gasteiger partial charge in [0.25, 0.3) is 0 Å². The van der Waals surface area contributed by atoms with E-state index in [1.165, 1.54) is 0 Å². The van der Waals surface area contributed by atoms with Crippen LogP contribution in [-0.2, 0) is 20.7 Å². The van der Waals surface area contributed by atoms with Crippen molar-refractivity contribution >= 4 is 11.8 Å². The largest absolute Gasteiger partial charge is 0.497 e. The van der Waals surface area contributed by atoms with Gasteiger partial charge in [-0.05, 0) is 31.0 Å². The predicted molar refractivity (Wildman–Crippen MR) is 103 cm³/mol.